The highest BCUT2D eigenvalue weighted by Crippen LogP contribution is 2.43. The van der Waals surface area contributed by atoms with E-state index in [-0.39, 0.29) is 0 Å². The zero-order chi connectivity index (χ0) is 9.64. The SMILES string of the molecule is C[C@@H]1C[C@H]1NC1CCC1C(C)(C)C. The molecule has 0 bridgehead atoms. The van der Waals surface area contributed by atoms with Crippen LogP contribution in [0.3, 0.4) is 0 Å². The van der Waals surface area contributed by atoms with Crippen molar-refractivity contribution in [2.45, 2.75) is 59.0 Å². The summed E-state index contributed by atoms with van der Waals surface area (Å²) in [6.07, 6.45) is 4.25. The molecule has 0 radical (unpaired) electrons. The zero-order valence-corrected chi connectivity index (χ0v) is 9.43. The lowest BCUT2D eigenvalue weighted by Crippen LogP contribution is -2.50. The minimum atomic E-state index is 0.508. The summed E-state index contributed by atoms with van der Waals surface area (Å²) >= 11 is 0. The molecule has 2 aliphatic carbocycles. The Hall–Kier alpha value is -0.0400. The van der Waals surface area contributed by atoms with Gasteiger partial charge in [-0.1, -0.05) is 27.7 Å². The lowest BCUT2D eigenvalue weighted by molar-refractivity contribution is 0.0834. The molecule has 2 fully saturated rings. The first kappa shape index (κ1) is 9.51. The first-order valence-corrected chi connectivity index (χ1v) is 5.74. The third-order valence-electron chi connectivity index (χ3n) is 3.92. The average Bonchev–Trinajstić information content (AvgIpc) is 2.55. The summed E-state index contributed by atoms with van der Waals surface area (Å²) in [5, 5.41) is 3.80. The second-order valence-electron chi connectivity index (χ2n) is 6.14. The Balaban J connectivity index is 1.81. The van der Waals surface area contributed by atoms with Gasteiger partial charge in [0.15, 0.2) is 0 Å². The standard InChI is InChI=1S/C12H23N/c1-8-7-11(8)13-10-6-5-9(10)12(2,3)4/h8-11,13H,5-7H2,1-4H3/t8-,9?,10?,11-/m1/s1. The second-order valence-corrected chi connectivity index (χ2v) is 6.14. The quantitative estimate of drug-likeness (QED) is 0.690. The molecule has 1 N–H and O–H groups in total. The van der Waals surface area contributed by atoms with Gasteiger partial charge < -0.3 is 5.32 Å². The van der Waals surface area contributed by atoms with Crippen LogP contribution in [0.4, 0.5) is 0 Å². The molecule has 0 aliphatic heterocycles. The highest BCUT2D eigenvalue weighted by atomic mass is 15.0. The monoisotopic (exact) mass is 181 g/mol. The van der Waals surface area contributed by atoms with E-state index in [1.165, 1.54) is 19.3 Å². The maximum atomic E-state index is 3.80. The van der Waals surface area contributed by atoms with Crippen molar-refractivity contribution >= 4 is 0 Å². The molecule has 2 unspecified atom stereocenters. The average molecular weight is 181 g/mol. The van der Waals surface area contributed by atoms with E-state index in [0.717, 1.165) is 23.9 Å². The highest BCUT2D eigenvalue weighted by Gasteiger charge is 2.43. The van der Waals surface area contributed by atoms with Gasteiger partial charge in [-0.3, -0.25) is 0 Å². The largest absolute Gasteiger partial charge is 0.311 e. The van der Waals surface area contributed by atoms with Crippen molar-refractivity contribution in [1.29, 1.82) is 0 Å². The molecule has 1 heteroatoms. The number of nitrogens with one attached hydrogen (secondary N) is 1. The van der Waals surface area contributed by atoms with Crippen LogP contribution in [-0.4, -0.2) is 12.1 Å². The van der Waals surface area contributed by atoms with Gasteiger partial charge >= 0.3 is 0 Å². The lowest BCUT2D eigenvalue weighted by Gasteiger charge is -2.46. The summed E-state index contributed by atoms with van der Waals surface area (Å²) in [5.41, 5.74) is 0.508. The van der Waals surface area contributed by atoms with Crippen LogP contribution in [0.5, 0.6) is 0 Å². The van der Waals surface area contributed by atoms with Crippen molar-refractivity contribution in [1.82, 2.24) is 5.32 Å². The van der Waals surface area contributed by atoms with Crippen LogP contribution in [0.1, 0.15) is 47.0 Å². The van der Waals surface area contributed by atoms with E-state index < -0.39 is 0 Å². The van der Waals surface area contributed by atoms with Gasteiger partial charge in [-0.15, -0.1) is 0 Å². The normalized spacial score (nSPS) is 44.3. The fourth-order valence-corrected chi connectivity index (χ4v) is 2.57. The van der Waals surface area contributed by atoms with Gasteiger partial charge in [-0.05, 0) is 36.5 Å². The Morgan fingerprint density at radius 3 is 2.00 bits per heavy atom. The predicted octanol–water partition coefficient (Wildman–Crippen LogP) is 2.81. The van der Waals surface area contributed by atoms with Gasteiger partial charge in [0.05, 0.1) is 0 Å². The fourth-order valence-electron chi connectivity index (χ4n) is 2.57. The van der Waals surface area contributed by atoms with Gasteiger partial charge in [0.1, 0.15) is 0 Å². The van der Waals surface area contributed by atoms with Gasteiger partial charge in [0, 0.05) is 12.1 Å². The molecule has 0 aromatic carbocycles. The van der Waals surface area contributed by atoms with Gasteiger partial charge in [-0.2, -0.15) is 0 Å². The van der Waals surface area contributed by atoms with Gasteiger partial charge in [-0.25, -0.2) is 0 Å². The Labute approximate surface area is 82.3 Å². The molecule has 0 spiro atoms. The zero-order valence-electron chi connectivity index (χ0n) is 9.43. The van der Waals surface area contributed by atoms with Gasteiger partial charge in [0.25, 0.3) is 0 Å². The highest BCUT2D eigenvalue weighted by molar-refractivity contribution is 4.99. The molecule has 0 amide bonds. The lowest BCUT2D eigenvalue weighted by atomic mass is 9.65. The summed E-state index contributed by atoms with van der Waals surface area (Å²) in [4.78, 5) is 0. The van der Waals surface area contributed by atoms with E-state index in [1.807, 2.05) is 0 Å². The first-order valence-electron chi connectivity index (χ1n) is 5.74. The number of rotatable bonds is 2. The summed E-state index contributed by atoms with van der Waals surface area (Å²) in [5.74, 6) is 1.86. The maximum absolute atomic E-state index is 3.80. The van der Waals surface area contributed by atoms with E-state index in [0.29, 0.717) is 5.41 Å². The third kappa shape index (κ3) is 1.90. The van der Waals surface area contributed by atoms with Crippen molar-refractivity contribution in [3.63, 3.8) is 0 Å². The number of hydrogen-bond donors (Lipinski definition) is 1. The molecule has 0 heterocycles. The van der Waals surface area contributed by atoms with Crippen LogP contribution in [0, 0.1) is 17.3 Å². The van der Waals surface area contributed by atoms with Crippen molar-refractivity contribution in [2.24, 2.45) is 17.3 Å². The van der Waals surface area contributed by atoms with Crippen LogP contribution in [0.25, 0.3) is 0 Å². The van der Waals surface area contributed by atoms with E-state index in [1.54, 1.807) is 0 Å². The van der Waals surface area contributed by atoms with Crippen molar-refractivity contribution in [3.8, 4) is 0 Å². The molecule has 0 aromatic heterocycles. The molecule has 2 aliphatic rings. The second kappa shape index (κ2) is 2.98. The van der Waals surface area contributed by atoms with Crippen LogP contribution in [0.15, 0.2) is 0 Å². The van der Waals surface area contributed by atoms with Crippen LogP contribution < -0.4 is 5.32 Å². The third-order valence-corrected chi connectivity index (χ3v) is 3.92. The maximum Gasteiger partial charge on any atom is 0.0103 e. The molecule has 0 aromatic rings. The van der Waals surface area contributed by atoms with E-state index in [2.05, 4.69) is 33.0 Å². The molecule has 4 atom stereocenters. The van der Waals surface area contributed by atoms with Gasteiger partial charge in [0.2, 0.25) is 0 Å². The van der Waals surface area contributed by atoms with Crippen molar-refractivity contribution in [3.05, 3.63) is 0 Å². The smallest absolute Gasteiger partial charge is 0.0103 e. The van der Waals surface area contributed by atoms with Crippen LogP contribution >= 0.6 is 0 Å². The molecule has 2 saturated carbocycles. The molecule has 0 saturated heterocycles. The molecular weight excluding hydrogens is 158 g/mol. The summed E-state index contributed by atoms with van der Waals surface area (Å²) in [6, 6.07) is 1.69. The fraction of sp³-hybridized carbons (Fsp3) is 1.00. The minimum Gasteiger partial charge on any atom is -0.311 e. The Morgan fingerprint density at radius 2 is 1.69 bits per heavy atom. The Bertz CT molecular complexity index is 192. The van der Waals surface area contributed by atoms with Crippen LogP contribution in [0.2, 0.25) is 0 Å². The topological polar surface area (TPSA) is 12.0 Å². The molecule has 76 valence electrons. The van der Waals surface area contributed by atoms with E-state index in [4.69, 9.17) is 0 Å². The molecule has 1 nitrogen and oxygen atoms in total. The summed E-state index contributed by atoms with van der Waals surface area (Å²) in [7, 11) is 0. The molecule has 2 rings (SSSR count). The van der Waals surface area contributed by atoms with E-state index in [9.17, 15) is 0 Å². The Morgan fingerprint density at radius 1 is 1.08 bits per heavy atom. The predicted molar refractivity (Wildman–Crippen MR) is 56.7 cm³/mol. The molecular formula is C12H23N. The molecule has 13 heavy (non-hydrogen) atoms. The van der Waals surface area contributed by atoms with Crippen molar-refractivity contribution in [2.75, 3.05) is 0 Å². The first-order chi connectivity index (χ1) is 5.98. The summed E-state index contributed by atoms with van der Waals surface area (Å²) in [6.45, 7) is 9.48. The number of hydrogen-bond acceptors (Lipinski definition) is 1. The van der Waals surface area contributed by atoms with Crippen LogP contribution in [-0.2, 0) is 0 Å². The minimum absolute atomic E-state index is 0.508. The van der Waals surface area contributed by atoms with Crippen molar-refractivity contribution < 1.29 is 0 Å². The Kier molecular flexibility index (Phi) is 2.18. The van der Waals surface area contributed by atoms with E-state index >= 15 is 0 Å². The summed E-state index contributed by atoms with van der Waals surface area (Å²) < 4.78 is 0.